The van der Waals surface area contributed by atoms with Crippen LogP contribution in [-0.2, 0) is 15.4 Å². The average molecular weight is 237 g/mol. The van der Waals surface area contributed by atoms with Gasteiger partial charge in [-0.15, -0.1) is 0 Å². The molecule has 3 nitrogen and oxygen atoms in total. The van der Waals surface area contributed by atoms with E-state index in [-0.39, 0.29) is 5.41 Å². The van der Waals surface area contributed by atoms with Gasteiger partial charge in [0.2, 0.25) is 0 Å². The number of sulfonamides is 1. The van der Waals surface area contributed by atoms with Crippen LogP contribution in [0.3, 0.4) is 0 Å². The van der Waals surface area contributed by atoms with Crippen molar-refractivity contribution in [2.24, 2.45) is 4.40 Å². The minimum absolute atomic E-state index is 0.0545. The van der Waals surface area contributed by atoms with Crippen LogP contribution in [0.5, 0.6) is 0 Å². The molecule has 1 heterocycles. The largest absolute Gasteiger partial charge is 0.283 e. The molecule has 0 radical (unpaired) electrons. The Morgan fingerprint density at radius 3 is 2.38 bits per heavy atom. The Kier molecular flexibility index (Phi) is 2.24. The highest BCUT2D eigenvalue weighted by Crippen LogP contribution is 2.31. The SMILES string of the molecule is CC1=NS(=O)(=O)c2cc(C(C)(C)C)ccc21. The Morgan fingerprint density at radius 2 is 1.81 bits per heavy atom. The van der Waals surface area contributed by atoms with E-state index in [9.17, 15) is 8.42 Å². The van der Waals surface area contributed by atoms with Crippen molar-refractivity contribution >= 4 is 15.7 Å². The summed E-state index contributed by atoms with van der Waals surface area (Å²) in [4.78, 5) is 0.345. The van der Waals surface area contributed by atoms with E-state index < -0.39 is 10.0 Å². The Hall–Kier alpha value is -1.16. The zero-order valence-corrected chi connectivity index (χ0v) is 10.7. The van der Waals surface area contributed by atoms with Gasteiger partial charge in [0.05, 0.1) is 10.6 Å². The Labute approximate surface area is 96.3 Å². The highest BCUT2D eigenvalue weighted by Gasteiger charge is 2.28. The molecule has 0 bridgehead atoms. The molecule has 0 unspecified atom stereocenters. The number of hydrogen-bond acceptors (Lipinski definition) is 2. The van der Waals surface area contributed by atoms with E-state index in [1.54, 1.807) is 13.0 Å². The summed E-state index contributed by atoms with van der Waals surface area (Å²) in [5, 5.41) is 0. The maximum absolute atomic E-state index is 11.8. The van der Waals surface area contributed by atoms with Crippen molar-refractivity contribution < 1.29 is 8.42 Å². The Morgan fingerprint density at radius 1 is 1.19 bits per heavy atom. The molecule has 1 aliphatic heterocycles. The van der Waals surface area contributed by atoms with Gasteiger partial charge in [-0.3, -0.25) is 0 Å². The van der Waals surface area contributed by atoms with E-state index in [1.165, 1.54) is 0 Å². The predicted octanol–water partition coefficient (Wildman–Crippen LogP) is 2.50. The molecule has 0 aromatic heterocycles. The van der Waals surface area contributed by atoms with Gasteiger partial charge >= 0.3 is 0 Å². The van der Waals surface area contributed by atoms with E-state index >= 15 is 0 Å². The van der Waals surface area contributed by atoms with Crippen molar-refractivity contribution in [1.82, 2.24) is 0 Å². The van der Waals surface area contributed by atoms with Gasteiger partial charge in [0.1, 0.15) is 0 Å². The van der Waals surface area contributed by atoms with Gasteiger partial charge in [0, 0.05) is 5.56 Å². The van der Waals surface area contributed by atoms with E-state index in [0.717, 1.165) is 11.1 Å². The summed E-state index contributed by atoms with van der Waals surface area (Å²) in [6, 6.07) is 5.56. The Balaban J connectivity index is 2.69. The molecule has 0 saturated carbocycles. The van der Waals surface area contributed by atoms with Gasteiger partial charge in [-0.2, -0.15) is 12.8 Å². The third-order valence-electron chi connectivity index (χ3n) is 2.77. The second kappa shape index (κ2) is 3.17. The van der Waals surface area contributed by atoms with E-state index in [2.05, 4.69) is 25.2 Å². The molecule has 4 heteroatoms. The van der Waals surface area contributed by atoms with Crippen LogP contribution in [0.2, 0.25) is 0 Å². The van der Waals surface area contributed by atoms with Crippen molar-refractivity contribution in [1.29, 1.82) is 0 Å². The smallest absolute Gasteiger partial charge is 0.199 e. The molecule has 1 aromatic carbocycles. The zero-order chi connectivity index (χ0) is 12.1. The van der Waals surface area contributed by atoms with Crippen LogP contribution in [0.1, 0.15) is 38.8 Å². The number of fused-ring (bicyclic) bond motifs is 1. The van der Waals surface area contributed by atoms with Gasteiger partial charge in [-0.05, 0) is 24.0 Å². The van der Waals surface area contributed by atoms with Crippen LogP contribution in [0, 0.1) is 0 Å². The molecular weight excluding hydrogens is 222 g/mol. The normalized spacial score (nSPS) is 18.1. The number of rotatable bonds is 0. The quantitative estimate of drug-likeness (QED) is 0.696. The van der Waals surface area contributed by atoms with Crippen LogP contribution < -0.4 is 0 Å². The predicted molar refractivity (Wildman–Crippen MR) is 64.5 cm³/mol. The molecule has 0 amide bonds. The van der Waals surface area contributed by atoms with E-state index in [0.29, 0.717) is 10.6 Å². The van der Waals surface area contributed by atoms with Gasteiger partial charge < -0.3 is 0 Å². The molecule has 86 valence electrons. The zero-order valence-electron chi connectivity index (χ0n) is 9.90. The van der Waals surface area contributed by atoms with Crippen LogP contribution in [-0.4, -0.2) is 14.1 Å². The maximum atomic E-state index is 11.8. The lowest BCUT2D eigenvalue weighted by Gasteiger charge is -2.19. The molecular formula is C12H15NO2S. The monoisotopic (exact) mass is 237 g/mol. The van der Waals surface area contributed by atoms with Crippen LogP contribution in [0.15, 0.2) is 27.5 Å². The first-order valence-corrected chi connectivity index (χ1v) is 6.62. The average Bonchev–Trinajstić information content (AvgIpc) is 2.36. The molecule has 1 aliphatic rings. The van der Waals surface area contributed by atoms with E-state index in [1.807, 2.05) is 12.1 Å². The summed E-state index contributed by atoms with van der Waals surface area (Å²) in [5.41, 5.74) is 2.27. The molecule has 0 saturated heterocycles. The second-order valence-electron chi connectivity index (χ2n) is 5.11. The molecule has 0 atom stereocenters. The molecule has 0 fully saturated rings. The molecule has 0 spiro atoms. The first-order valence-electron chi connectivity index (χ1n) is 5.18. The van der Waals surface area contributed by atoms with Gasteiger partial charge in [-0.25, -0.2) is 0 Å². The lowest BCUT2D eigenvalue weighted by Crippen LogP contribution is -2.12. The molecule has 1 aromatic rings. The van der Waals surface area contributed by atoms with Crippen LogP contribution in [0.4, 0.5) is 0 Å². The minimum atomic E-state index is -3.45. The Bertz CT molecular complexity index is 578. The molecule has 0 N–H and O–H groups in total. The molecule has 0 aliphatic carbocycles. The lowest BCUT2D eigenvalue weighted by atomic mass is 9.86. The fourth-order valence-electron chi connectivity index (χ4n) is 1.78. The summed E-state index contributed by atoms with van der Waals surface area (Å²) in [6.07, 6.45) is 0. The van der Waals surface area contributed by atoms with Gasteiger partial charge in [-0.1, -0.05) is 32.9 Å². The topological polar surface area (TPSA) is 46.5 Å². The fourth-order valence-corrected chi connectivity index (χ4v) is 3.11. The lowest BCUT2D eigenvalue weighted by molar-refractivity contribution is 0.585. The summed E-state index contributed by atoms with van der Waals surface area (Å²) in [6.45, 7) is 7.90. The van der Waals surface area contributed by atoms with Crippen molar-refractivity contribution in [2.45, 2.75) is 38.0 Å². The van der Waals surface area contributed by atoms with Crippen molar-refractivity contribution in [2.75, 3.05) is 0 Å². The highest BCUT2D eigenvalue weighted by molar-refractivity contribution is 7.90. The summed E-state index contributed by atoms with van der Waals surface area (Å²) >= 11 is 0. The third kappa shape index (κ3) is 1.67. The number of nitrogens with zero attached hydrogens (tertiary/aromatic N) is 1. The maximum Gasteiger partial charge on any atom is 0.283 e. The highest BCUT2D eigenvalue weighted by atomic mass is 32.2. The van der Waals surface area contributed by atoms with Crippen LogP contribution >= 0.6 is 0 Å². The van der Waals surface area contributed by atoms with Gasteiger partial charge in [0.25, 0.3) is 10.0 Å². The first-order chi connectivity index (χ1) is 7.22. The van der Waals surface area contributed by atoms with Crippen LogP contribution in [0.25, 0.3) is 0 Å². The minimum Gasteiger partial charge on any atom is -0.199 e. The van der Waals surface area contributed by atoms with Crippen molar-refractivity contribution in [3.63, 3.8) is 0 Å². The summed E-state index contributed by atoms with van der Waals surface area (Å²) in [5.74, 6) is 0. The first kappa shape index (κ1) is 11.3. The van der Waals surface area contributed by atoms with E-state index in [4.69, 9.17) is 0 Å². The standard InChI is InChI=1S/C12H15NO2S/c1-8-10-6-5-9(12(2,3)4)7-11(10)16(14,15)13-8/h5-7H,1-4H3. The summed E-state index contributed by atoms with van der Waals surface area (Å²) in [7, 11) is -3.45. The van der Waals surface area contributed by atoms with Gasteiger partial charge in [0.15, 0.2) is 0 Å². The number of hydrogen-bond donors (Lipinski definition) is 0. The number of benzene rings is 1. The third-order valence-corrected chi connectivity index (χ3v) is 4.18. The van der Waals surface area contributed by atoms with Crippen molar-refractivity contribution in [3.05, 3.63) is 29.3 Å². The van der Waals surface area contributed by atoms with Crippen molar-refractivity contribution in [3.8, 4) is 0 Å². The second-order valence-corrected chi connectivity index (χ2v) is 6.69. The summed E-state index contributed by atoms with van der Waals surface area (Å²) < 4.78 is 27.2. The fraction of sp³-hybridized carbons (Fsp3) is 0.417. The molecule has 16 heavy (non-hydrogen) atoms. The molecule has 2 rings (SSSR count).